The second kappa shape index (κ2) is 44.3. The molecular weight excluding hydrogens is 685 g/mol. The van der Waals surface area contributed by atoms with E-state index in [-0.39, 0.29) is 31.1 Å². The summed E-state index contributed by atoms with van der Waals surface area (Å²) < 4.78 is 16.7. The second-order valence-corrected chi connectivity index (χ2v) is 15.7. The predicted molar refractivity (Wildman–Crippen MR) is 233 cm³/mol. The van der Waals surface area contributed by atoms with E-state index in [1.165, 1.54) is 109 Å². The fourth-order valence-corrected chi connectivity index (χ4v) is 6.51. The molecule has 0 aliphatic heterocycles. The molecule has 1 atom stereocenters. The standard InChI is InChI=1S/C49H88O6/c1-4-7-10-13-16-19-22-24-26-27-30-33-36-39-42-48(51)54-45-46(44-53-47(50)41-38-35-32-29-21-18-15-12-9-6-3)55-49(52)43-40-37-34-31-28-25-23-20-17-14-11-8-5-2/h13,16,20,22-24,46H,4-12,14-15,17-19,21,25-45H2,1-3H3/b16-13-,23-20-,24-22-. The molecule has 0 saturated heterocycles. The third-order valence-electron chi connectivity index (χ3n) is 10.1. The molecule has 1 unspecified atom stereocenters. The number of hydrogen-bond acceptors (Lipinski definition) is 6. The molecule has 0 spiro atoms. The highest BCUT2D eigenvalue weighted by atomic mass is 16.6. The van der Waals surface area contributed by atoms with Crippen LogP contribution in [-0.2, 0) is 28.6 Å². The van der Waals surface area contributed by atoms with E-state index in [1.807, 2.05) is 0 Å². The Morgan fingerprint density at radius 3 is 1.09 bits per heavy atom. The normalized spacial score (nSPS) is 12.3. The first kappa shape index (κ1) is 52.6. The molecule has 0 saturated carbocycles. The molecule has 0 aromatic carbocycles. The molecule has 0 radical (unpaired) electrons. The van der Waals surface area contributed by atoms with Crippen molar-refractivity contribution < 1.29 is 28.6 Å². The molecule has 0 N–H and O–H groups in total. The van der Waals surface area contributed by atoms with E-state index in [9.17, 15) is 14.4 Å². The Hall–Kier alpha value is -2.37. The van der Waals surface area contributed by atoms with Crippen LogP contribution in [0.1, 0.15) is 239 Å². The lowest BCUT2D eigenvalue weighted by atomic mass is 10.1. The largest absolute Gasteiger partial charge is 0.462 e. The zero-order chi connectivity index (χ0) is 40.1. The highest BCUT2D eigenvalue weighted by Gasteiger charge is 2.19. The van der Waals surface area contributed by atoms with Crippen LogP contribution >= 0.6 is 0 Å². The molecule has 0 rings (SSSR count). The topological polar surface area (TPSA) is 78.9 Å². The fraction of sp³-hybridized carbons (Fsp3) is 0.816. The molecular formula is C49H88O6. The van der Waals surface area contributed by atoms with Crippen molar-refractivity contribution in [2.45, 2.75) is 245 Å². The van der Waals surface area contributed by atoms with Gasteiger partial charge in [0.2, 0.25) is 0 Å². The Morgan fingerprint density at radius 1 is 0.364 bits per heavy atom. The van der Waals surface area contributed by atoms with Crippen molar-refractivity contribution in [3.63, 3.8) is 0 Å². The first-order valence-corrected chi connectivity index (χ1v) is 23.5. The zero-order valence-electron chi connectivity index (χ0n) is 36.4. The summed E-state index contributed by atoms with van der Waals surface area (Å²) in [4.78, 5) is 37.7. The lowest BCUT2D eigenvalue weighted by molar-refractivity contribution is -0.167. The molecule has 0 aliphatic carbocycles. The van der Waals surface area contributed by atoms with Gasteiger partial charge in [0.25, 0.3) is 0 Å². The molecule has 55 heavy (non-hydrogen) atoms. The van der Waals surface area contributed by atoms with E-state index < -0.39 is 6.10 Å². The second-order valence-electron chi connectivity index (χ2n) is 15.7. The number of unbranched alkanes of at least 4 members (excludes halogenated alkanes) is 25. The molecule has 0 amide bonds. The van der Waals surface area contributed by atoms with E-state index in [0.29, 0.717) is 19.3 Å². The summed E-state index contributed by atoms with van der Waals surface area (Å²) in [7, 11) is 0. The van der Waals surface area contributed by atoms with Crippen LogP contribution in [0, 0.1) is 0 Å². The highest BCUT2D eigenvalue weighted by molar-refractivity contribution is 5.71. The van der Waals surface area contributed by atoms with E-state index in [4.69, 9.17) is 14.2 Å². The van der Waals surface area contributed by atoms with Crippen LogP contribution in [0.3, 0.4) is 0 Å². The van der Waals surface area contributed by atoms with Gasteiger partial charge in [-0.1, -0.05) is 186 Å². The van der Waals surface area contributed by atoms with Gasteiger partial charge in [-0.2, -0.15) is 0 Å². The van der Waals surface area contributed by atoms with E-state index >= 15 is 0 Å². The SMILES string of the molecule is CCCC/C=C\C/C=C\CCCCCCCC(=O)OCC(COC(=O)CCCCCCCCCCCC)OC(=O)CCCCCCC/C=C\CCCCCC. The monoisotopic (exact) mass is 773 g/mol. The van der Waals surface area contributed by atoms with Gasteiger partial charge in [-0.15, -0.1) is 0 Å². The summed E-state index contributed by atoms with van der Waals surface area (Å²) in [6, 6.07) is 0. The van der Waals surface area contributed by atoms with Gasteiger partial charge in [-0.05, 0) is 70.6 Å². The summed E-state index contributed by atoms with van der Waals surface area (Å²) in [5.74, 6) is -0.900. The Balaban J connectivity index is 4.39. The molecule has 0 aliphatic rings. The lowest BCUT2D eigenvalue weighted by Gasteiger charge is -2.18. The van der Waals surface area contributed by atoms with Gasteiger partial charge in [0.05, 0.1) is 0 Å². The van der Waals surface area contributed by atoms with Crippen molar-refractivity contribution in [1.29, 1.82) is 0 Å². The summed E-state index contributed by atoms with van der Waals surface area (Å²) in [6.07, 6.45) is 49.8. The van der Waals surface area contributed by atoms with Crippen LogP contribution in [0.25, 0.3) is 0 Å². The van der Waals surface area contributed by atoms with Gasteiger partial charge in [0.1, 0.15) is 13.2 Å². The van der Waals surface area contributed by atoms with Gasteiger partial charge in [-0.3, -0.25) is 14.4 Å². The molecule has 0 aromatic rings. The number of carbonyl (C=O) groups excluding carboxylic acids is 3. The maximum absolute atomic E-state index is 12.7. The molecule has 0 aromatic heterocycles. The minimum absolute atomic E-state index is 0.0780. The Labute approximate surface area is 340 Å². The van der Waals surface area contributed by atoms with Crippen molar-refractivity contribution in [3.05, 3.63) is 36.5 Å². The van der Waals surface area contributed by atoms with Crippen LogP contribution in [0.4, 0.5) is 0 Å². The van der Waals surface area contributed by atoms with Crippen LogP contribution in [0.15, 0.2) is 36.5 Å². The first-order chi connectivity index (χ1) is 27.0. The summed E-state index contributed by atoms with van der Waals surface area (Å²) >= 11 is 0. The summed E-state index contributed by atoms with van der Waals surface area (Å²) in [5, 5.41) is 0. The Bertz CT molecular complexity index is 938. The zero-order valence-corrected chi connectivity index (χ0v) is 36.4. The molecule has 6 heteroatoms. The van der Waals surface area contributed by atoms with Crippen LogP contribution in [-0.4, -0.2) is 37.2 Å². The smallest absolute Gasteiger partial charge is 0.306 e. The average Bonchev–Trinajstić information content (AvgIpc) is 3.18. The maximum atomic E-state index is 12.7. The summed E-state index contributed by atoms with van der Waals surface area (Å²) in [6.45, 7) is 6.55. The third kappa shape index (κ3) is 42.6. The fourth-order valence-electron chi connectivity index (χ4n) is 6.51. The van der Waals surface area contributed by atoms with Crippen LogP contribution in [0.2, 0.25) is 0 Å². The maximum Gasteiger partial charge on any atom is 0.306 e. The number of allylic oxidation sites excluding steroid dienone is 6. The number of ether oxygens (including phenoxy) is 3. The van der Waals surface area contributed by atoms with E-state index in [1.54, 1.807) is 0 Å². The van der Waals surface area contributed by atoms with Gasteiger partial charge < -0.3 is 14.2 Å². The minimum atomic E-state index is -0.776. The molecule has 320 valence electrons. The van der Waals surface area contributed by atoms with Crippen molar-refractivity contribution >= 4 is 17.9 Å². The molecule has 6 nitrogen and oxygen atoms in total. The lowest BCUT2D eigenvalue weighted by Crippen LogP contribution is -2.30. The highest BCUT2D eigenvalue weighted by Crippen LogP contribution is 2.14. The molecule has 0 bridgehead atoms. The van der Waals surface area contributed by atoms with Crippen LogP contribution < -0.4 is 0 Å². The van der Waals surface area contributed by atoms with E-state index in [0.717, 1.165) is 89.9 Å². The van der Waals surface area contributed by atoms with Crippen molar-refractivity contribution in [3.8, 4) is 0 Å². The Kier molecular flexibility index (Phi) is 42.4. The van der Waals surface area contributed by atoms with Gasteiger partial charge in [0, 0.05) is 19.3 Å². The van der Waals surface area contributed by atoms with Crippen molar-refractivity contribution in [1.82, 2.24) is 0 Å². The van der Waals surface area contributed by atoms with Crippen molar-refractivity contribution in [2.75, 3.05) is 13.2 Å². The predicted octanol–water partition coefficient (Wildman–Crippen LogP) is 15.0. The number of rotatable bonds is 42. The average molecular weight is 773 g/mol. The first-order valence-electron chi connectivity index (χ1n) is 23.5. The van der Waals surface area contributed by atoms with Crippen LogP contribution in [0.5, 0.6) is 0 Å². The molecule has 0 heterocycles. The number of esters is 3. The Morgan fingerprint density at radius 2 is 0.673 bits per heavy atom. The number of hydrogen-bond donors (Lipinski definition) is 0. The van der Waals surface area contributed by atoms with Gasteiger partial charge in [-0.25, -0.2) is 0 Å². The third-order valence-corrected chi connectivity index (χ3v) is 10.1. The van der Waals surface area contributed by atoms with Gasteiger partial charge in [0.15, 0.2) is 6.10 Å². The number of carbonyl (C=O) groups is 3. The summed E-state index contributed by atoms with van der Waals surface area (Å²) in [5.41, 5.74) is 0. The molecule has 0 fully saturated rings. The van der Waals surface area contributed by atoms with E-state index in [2.05, 4.69) is 57.2 Å². The van der Waals surface area contributed by atoms with Gasteiger partial charge >= 0.3 is 17.9 Å². The minimum Gasteiger partial charge on any atom is -0.462 e. The van der Waals surface area contributed by atoms with Crippen molar-refractivity contribution in [2.24, 2.45) is 0 Å². The quantitative estimate of drug-likeness (QED) is 0.0266.